The van der Waals surface area contributed by atoms with Crippen molar-refractivity contribution in [2.24, 2.45) is 0 Å². The number of aliphatic hydroxyl groups excluding tert-OH is 1. The lowest BCUT2D eigenvalue weighted by atomic mass is 10.00. The molecule has 1 aromatic rings. The number of thiol groups is 1. The standard InChI is InChI=1S/C22H35N3O6S/c1-13(2)23-19(28)18(15-7-8-17(27)14(3)11-15)25(9-10-26)20(29)16(12-32)24-21(30)31-22(4,5)6/h7-8,11,13,16,18,26-27,32H,9-10,12H2,1-6H3,(H,23,28)(H,24,30). The predicted octanol–water partition coefficient (Wildman–Crippen LogP) is 1.91. The van der Waals surface area contributed by atoms with Crippen LogP contribution >= 0.6 is 12.6 Å². The van der Waals surface area contributed by atoms with Crippen molar-refractivity contribution < 1.29 is 29.3 Å². The molecule has 180 valence electrons. The molecule has 0 aliphatic rings. The van der Waals surface area contributed by atoms with E-state index in [1.807, 2.05) is 0 Å². The first-order valence-electron chi connectivity index (χ1n) is 10.4. The molecule has 0 aliphatic carbocycles. The van der Waals surface area contributed by atoms with E-state index < -0.39 is 42.2 Å². The number of nitrogens with one attached hydrogen (secondary N) is 2. The van der Waals surface area contributed by atoms with Crippen LogP contribution in [0.15, 0.2) is 18.2 Å². The van der Waals surface area contributed by atoms with Crippen LogP contribution in [-0.2, 0) is 14.3 Å². The summed E-state index contributed by atoms with van der Waals surface area (Å²) in [6, 6.07) is 2.20. The summed E-state index contributed by atoms with van der Waals surface area (Å²) in [5, 5.41) is 24.8. The van der Waals surface area contributed by atoms with E-state index in [9.17, 15) is 24.6 Å². The fraction of sp³-hybridized carbons (Fsp3) is 0.591. The van der Waals surface area contributed by atoms with Crippen LogP contribution in [0, 0.1) is 6.92 Å². The Morgan fingerprint density at radius 1 is 1.19 bits per heavy atom. The maximum atomic E-state index is 13.4. The summed E-state index contributed by atoms with van der Waals surface area (Å²) in [5.41, 5.74) is 0.219. The Morgan fingerprint density at radius 3 is 2.28 bits per heavy atom. The lowest BCUT2D eigenvalue weighted by Crippen LogP contribution is -2.54. The van der Waals surface area contributed by atoms with Gasteiger partial charge in [0.1, 0.15) is 23.4 Å². The third-order valence-corrected chi connectivity index (χ3v) is 4.69. The van der Waals surface area contributed by atoms with Crippen molar-refractivity contribution in [1.82, 2.24) is 15.5 Å². The average molecular weight is 470 g/mol. The van der Waals surface area contributed by atoms with Gasteiger partial charge in [-0.05, 0) is 64.8 Å². The molecule has 1 aromatic carbocycles. The second-order valence-corrected chi connectivity index (χ2v) is 9.11. The Balaban J connectivity index is 3.35. The van der Waals surface area contributed by atoms with Gasteiger partial charge in [-0.15, -0.1) is 0 Å². The van der Waals surface area contributed by atoms with Gasteiger partial charge in [-0.1, -0.05) is 6.07 Å². The van der Waals surface area contributed by atoms with Gasteiger partial charge in [-0.2, -0.15) is 12.6 Å². The summed E-state index contributed by atoms with van der Waals surface area (Å²) in [5.74, 6) is -1.05. The molecule has 0 bridgehead atoms. The molecule has 4 N–H and O–H groups in total. The highest BCUT2D eigenvalue weighted by Gasteiger charge is 2.36. The van der Waals surface area contributed by atoms with Gasteiger partial charge in [-0.25, -0.2) is 4.79 Å². The second kappa shape index (κ2) is 12.0. The molecule has 0 fully saturated rings. The number of aryl methyl sites for hydroxylation is 1. The minimum atomic E-state index is -1.10. The van der Waals surface area contributed by atoms with Gasteiger partial charge in [0.2, 0.25) is 11.8 Å². The lowest BCUT2D eigenvalue weighted by Gasteiger charge is -2.34. The van der Waals surface area contributed by atoms with Crippen LogP contribution in [0.2, 0.25) is 0 Å². The normalized spacial score (nSPS) is 13.3. The molecule has 3 amide bonds. The quantitative estimate of drug-likeness (QED) is 0.352. The van der Waals surface area contributed by atoms with Gasteiger partial charge in [0.05, 0.1) is 6.61 Å². The Labute approximate surface area is 194 Å². The summed E-state index contributed by atoms with van der Waals surface area (Å²) < 4.78 is 5.22. The minimum absolute atomic E-state index is 0.0485. The number of hydrogen-bond acceptors (Lipinski definition) is 7. The SMILES string of the molecule is Cc1cc(C(C(=O)NC(C)C)N(CCO)C(=O)C(CS)NC(=O)OC(C)(C)C)ccc1O. The van der Waals surface area contributed by atoms with E-state index in [2.05, 4.69) is 23.3 Å². The van der Waals surface area contributed by atoms with E-state index >= 15 is 0 Å². The number of ether oxygens (including phenoxy) is 1. The molecule has 10 heteroatoms. The number of nitrogens with zero attached hydrogens (tertiary/aromatic N) is 1. The highest BCUT2D eigenvalue weighted by molar-refractivity contribution is 7.80. The summed E-state index contributed by atoms with van der Waals surface area (Å²) in [6.07, 6.45) is -0.794. The maximum Gasteiger partial charge on any atom is 0.408 e. The number of rotatable bonds is 9. The summed E-state index contributed by atoms with van der Waals surface area (Å²) in [4.78, 5) is 39.9. The number of benzene rings is 1. The molecule has 0 spiro atoms. The number of hydrogen-bond donors (Lipinski definition) is 5. The summed E-state index contributed by atoms with van der Waals surface area (Å²) in [6.45, 7) is 9.78. The number of alkyl carbamates (subject to hydrolysis) is 1. The topological polar surface area (TPSA) is 128 Å². The molecule has 0 saturated heterocycles. The van der Waals surface area contributed by atoms with E-state index in [-0.39, 0.29) is 24.1 Å². The van der Waals surface area contributed by atoms with Gasteiger partial charge in [-0.3, -0.25) is 9.59 Å². The molecule has 32 heavy (non-hydrogen) atoms. The largest absolute Gasteiger partial charge is 0.508 e. The van der Waals surface area contributed by atoms with E-state index in [0.717, 1.165) is 0 Å². The monoisotopic (exact) mass is 469 g/mol. The van der Waals surface area contributed by atoms with Crippen LogP contribution < -0.4 is 10.6 Å². The maximum absolute atomic E-state index is 13.4. The van der Waals surface area contributed by atoms with Gasteiger partial charge in [0.15, 0.2) is 0 Å². The fourth-order valence-corrected chi connectivity index (χ4v) is 3.24. The van der Waals surface area contributed by atoms with Crippen LogP contribution in [0.4, 0.5) is 4.79 Å². The molecule has 9 nitrogen and oxygen atoms in total. The predicted molar refractivity (Wildman–Crippen MR) is 125 cm³/mol. The van der Waals surface area contributed by atoms with Crippen molar-refractivity contribution >= 4 is 30.5 Å². The number of aliphatic hydroxyl groups is 1. The fourth-order valence-electron chi connectivity index (χ4n) is 2.99. The molecule has 1 rings (SSSR count). The zero-order valence-electron chi connectivity index (χ0n) is 19.5. The number of phenols is 1. The van der Waals surface area contributed by atoms with Crippen LogP contribution in [0.5, 0.6) is 5.75 Å². The molecule has 0 saturated carbocycles. The molecule has 0 aliphatic heterocycles. The highest BCUT2D eigenvalue weighted by Crippen LogP contribution is 2.27. The minimum Gasteiger partial charge on any atom is -0.508 e. The number of phenolic OH excluding ortho intramolecular Hbond substituents is 1. The first kappa shape index (κ1) is 27.6. The average Bonchev–Trinajstić information content (AvgIpc) is 2.66. The molecule has 0 radical (unpaired) electrons. The van der Waals surface area contributed by atoms with E-state index in [4.69, 9.17) is 4.74 Å². The Bertz CT molecular complexity index is 809. The van der Waals surface area contributed by atoms with Crippen molar-refractivity contribution in [3.63, 3.8) is 0 Å². The number of amides is 3. The first-order chi connectivity index (χ1) is 14.8. The van der Waals surface area contributed by atoms with E-state index in [0.29, 0.717) is 11.1 Å². The van der Waals surface area contributed by atoms with Crippen molar-refractivity contribution in [1.29, 1.82) is 0 Å². The molecular weight excluding hydrogens is 434 g/mol. The van der Waals surface area contributed by atoms with Gasteiger partial charge in [0, 0.05) is 18.3 Å². The molecule has 0 aromatic heterocycles. The van der Waals surface area contributed by atoms with Crippen LogP contribution in [0.3, 0.4) is 0 Å². The number of aromatic hydroxyl groups is 1. The summed E-state index contributed by atoms with van der Waals surface area (Å²) >= 11 is 4.18. The zero-order chi connectivity index (χ0) is 24.6. The third-order valence-electron chi connectivity index (χ3n) is 4.32. The number of carbonyl (C=O) groups excluding carboxylic acids is 3. The van der Waals surface area contributed by atoms with Crippen molar-refractivity contribution in [3.05, 3.63) is 29.3 Å². The smallest absolute Gasteiger partial charge is 0.408 e. The molecule has 2 unspecified atom stereocenters. The van der Waals surface area contributed by atoms with E-state index in [1.54, 1.807) is 53.7 Å². The number of carbonyl (C=O) groups is 3. The Kier molecular flexibility index (Phi) is 10.3. The van der Waals surface area contributed by atoms with Gasteiger partial charge < -0.3 is 30.5 Å². The molecular formula is C22H35N3O6S. The molecule has 0 heterocycles. The summed E-state index contributed by atoms with van der Waals surface area (Å²) in [7, 11) is 0. The molecule has 2 atom stereocenters. The van der Waals surface area contributed by atoms with Crippen LogP contribution in [0.1, 0.15) is 51.8 Å². The Morgan fingerprint density at radius 2 is 1.81 bits per heavy atom. The van der Waals surface area contributed by atoms with Crippen molar-refractivity contribution in [2.75, 3.05) is 18.9 Å². The zero-order valence-corrected chi connectivity index (χ0v) is 20.4. The van der Waals surface area contributed by atoms with Gasteiger partial charge >= 0.3 is 6.09 Å². The Hall–Kier alpha value is -2.46. The van der Waals surface area contributed by atoms with E-state index in [1.165, 1.54) is 11.0 Å². The van der Waals surface area contributed by atoms with Gasteiger partial charge in [0.25, 0.3) is 0 Å². The van der Waals surface area contributed by atoms with Crippen molar-refractivity contribution in [3.8, 4) is 5.75 Å². The van der Waals surface area contributed by atoms with Crippen LogP contribution in [-0.4, -0.2) is 69.6 Å². The second-order valence-electron chi connectivity index (χ2n) is 8.75. The lowest BCUT2D eigenvalue weighted by molar-refractivity contribution is -0.142. The third kappa shape index (κ3) is 8.23. The highest BCUT2D eigenvalue weighted by atomic mass is 32.1. The van der Waals surface area contributed by atoms with Crippen molar-refractivity contribution in [2.45, 2.75) is 65.3 Å². The first-order valence-corrected chi connectivity index (χ1v) is 11.1. The van der Waals surface area contributed by atoms with Crippen LogP contribution in [0.25, 0.3) is 0 Å².